The van der Waals surface area contributed by atoms with Crippen molar-refractivity contribution in [3.05, 3.63) is 62.9 Å². The van der Waals surface area contributed by atoms with Gasteiger partial charge in [-0.2, -0.15) is 0 Å². The first kappa shape index (κ1) is 13.3. The summed E-state index contributed by atoms with van der Waals surface area (Å²) in [6.45, 7) is 1.72. The molecule has 1 aromatic heterocycles. The summed E-state index contributed by atoms with van der Waals surface area (Å²) < 4.78 is 1.68. The Hall–Kier alpha value is -2.14. The molecule has 2 rings (SSSR count). The van der Waals surface area contributed by atoms with E-state index in [9.17, 15) is 14.9 Å². The number of benzene rings is 1. The number of rotatable bonds is 4. The van der Waals surface area contributed by atoms with E-state index >= 15 is 0 Å². The second kappa shape index (κ2) is 5.24. The fourth-order valence-electron chi connectivity index (χ4n) is 1.90. The maximum atomic E-state index is 11.4. The van der Waals surface area contributed by atoms with Crippen molar-refractivity contribution in [2.45, 2.75) is 13.5 Å². The second-order valence-corrected chi connectivity index (χ2v) is 4.54. The van der Waals surface area contributed by atoms with Crippen LogP contribution in [0.5, 0.6) is 0 Å². The number of carbonyl (C=O) groups excluding carboxylic acids is 1. The van der Waals surface area contributed by atoms with Gasteiger partial charge in [0.15, 0.2) is 5.78 Å². The van der Waals surface area contributed by atoms with E-state index in [2.05, 4.69) is 0 Å². The van der Waals surface area contributed by atoms with E-state index in [1.165, 1.54) is 13.0 Å². The molecule has 1 aromatic carbocycles. The minimum Gasteiger partial charge on any atom is -0.340 e. The molecule has 0 spiro atoms. The molecule has 5 nitrogen and oxygen atoms in total. The van der Waals surface area contributed by atoms with E-state index < -0.39 is 4.92 Å². The molecule has 0 N–H and O–H groups in total. The van der Waals surface area contributed by atoms with Gasteiger partial charge in [-0.3, -0.25) is 14.9 Å². The van der Waals surface area contributed by atoms with Gasteiger partial charge in [0.05, 0.1) is 17.2 Å². The van der Waals surface area contributed by atoms with Crippen LogP contribution in [-0.2, 0) is 6.54 Å². The summed E-state index contributed by atoms with van der Waals surface area (Å²) in [6.07, 6.45) is 1.72. The molecule has 19 heavy (non-hydrogen) atoms. The predicted octanol–water partition coefficient (Wildman–Crippen LogP) is 3.30. The average molecular weight is 279 g/mol. The molecule has 1 heterocycles. The normalized spacial score (nSPS) is 10.4. The van der Waals surface area contributed by atoms with Crippen LogP contribution < -0.4 is 0 Å². The second-order valence-electron chi connectivity index (χ2n) is 4.11. The Morgan fingerprint density at radius 2 is 2.16 bits per heavy atom. The number of halogens is 1. The zero-order valence-corrected chi connectivity index (χ0v) is 10.9. The highest BCUT2D eigenvalue weighted by Crippen LogP contribution is 2.24. The number of aromatic nitrogens is 1. The van der Waals surface area contributed by atoms with Gasteiger partial charge in [-0.25, -0.2) is 0 Å². The number of ketones is 1. The lowest BCUT2D eigenvalue weighted by molar-refractivity contribution is -0.385. The first-order valence-electron chi connectivity index (χ1n) is 5.58. The van der Waals surface area contributed by atoms with Crippen LogP contribution in [0.4, 0.5) is 5.69 Å². The summed E-state index contributed by atoms with van der Waals surface area (Å²) in [7, 11) is 0. The Balaban J connectivity index is 2.41. The van der Waals surface area contributed by atoms with Crippen molar-refractivity contribution in [3.63, 3.8) is 0 Å². The third-order valence-electron chi connectivity index (χ3n) is 2.77. The van der Waals surface area contributed by atoms with Crippen molar-refractivity contribution in [2.24, 2.45) is 0 Å². The maximum absolute atomic E-state index is 11.4. The molecule has 0 saturated heterocycles. The Kier molecular flexibility index (Phi) is 3.66. The van der Waals surface area contributed by atoms with Crippen molar-refractivity contribution < 1.29 is 9.72 Å². The van der Waals surface area contributed by atoms with E-state index in [1.54, 1.807) is 35.0 Å². The minimum atomic E-state index is -0.474. The Labute approximate surface area is 114 Å². The van der Waals surface area contributed by atoms with Crippen molar-refractivity contribution in [2.75, 3.05) is 0 Å². The highest BCUT2D eigenvalue weighted by molar-refractivity contribution is 6.30. The zero-order chi connectivity index (χ0) is 14.0. The number of nitro benzene ring substituents is 1. The van der Waals surface area contributed by atoms with E-state index in [1.807, 2.05) is 0 Å². The molecule has 0 saturated carbocycles. The number of hydrogen-bond donors (Lipinski definition) is 0. The molecule has 0 unspecified atom stereocenters. The van der Waals surface area contributed by atoms with Gasteiger partial charge in [0, 0.05) is 29.8 Å². The van der Waals surface area contributed by atoms with Crippen LogP contribution in [0.2, 0.25) is 5.02 Å². The lowest BCUT2D eigenvalue weighted by Crippen LogP contribution is -2.08. The Morgan fingerprint density at radius 3 is 2.79 bits per heavy atom. The quantitative estimate of drug-likeness (QED) is 0.490. The van der Waals surface area contributed by atoms with Gasteiger partial charge in [-0.1, -0.05) is 11.6 Å². The molecule has 0 aliphatic rings. The summed E-state index contributed by atoms with van der Waals surface area (Å²) in [5.41, 5.74) is 0.980. The van der Waals surface area contributed by atoms with Crippen LogP contribution in [0.25, 0.3) is 0 Å². The molecule has 0 aliphatic carbocycles. The molecule has 0 radical (unpaired) electrons. The highest BCUT2D eigenvalue weighted by Gasteiger charge is 2.16. The largest absolute Gasteiger partial charge is 0.340 e. The molecule has 0 amide bonds. The summed E-state index contributed by atoms with van der Waals surface area (Å²) >= 11 is 5.76. The average Bonchev–Trinajstić information content (AvgIpc) is 2.79. The molecule has 0 atom stereocenters. The first-order chi connectivity index (χ1) is 8.99. The van der Waals surface area contributed by atoms with Crippen molar-refractivity contribution >= 4 is 23.1 Å². The van der Waals surface area contributed by atoms with Crippen molar-refractivity contribution in [3.8, 4) is 0 Å². The van der Waals surface area contributed by atoms with Crippen LogP contribution in [0.3, 0.4) is 0 Å². The highest BCUT2D eigenvalue weighted by atomic mass is 35.5. The smallest absolute Gasteiger partial charge is 0.275 e. The fourth-order valence-corrected chi connectivity index (χ4v) is 2.06. The van der Waals surface area contributed by atoms with Gasteiger partial charge in [-0.05, 0) is 24.3 Å². The lowest BCUT2D eigenvalue weighted by atomic mass is 10.1. The molecule has 0 bridgehead atoms. The number of carbonyl (C=O) groups is 1. The van der Waals surface area contributed by atoms with Gasteiger partial charge in [-0.15, -0.1) is 0 Å². The predicted molar refractivity (Wildman–Crippen MR) is 71.6 cm³/mol. The Bertz CT molecular complexity index is 649. The van der Waals surface area contributed by atoms with Gasteiger partial charge in [0.25, 0.3) is 5.69 Å². The van der Waals surface area contributed by atoms with E-state index in [-0.39, 0.29) is 18.0 Å². The summed E-state index contributed by atoms with van der Waals surface area (Å²) in [4.78, 5) is 21.9. The standard InChI is InChI=1S/C13H11ClN2O3/c1-9(17)12-3-2-6-15(12)8-10-4-5-11(14)7-13(10)16(18)19/h2-7H,8H2,1H3. The topological polar surface area (TPSA) is 65.1 Å². The summed E-state index contributed by atoms with van der Waals surface area (Å²) in [5, 5.41) is 11.3. The SMILES string of the molecule is CC(=O)c1cccn1Cc1ccc(Cl)cc1[N+](=O)[O-]. The van der Waals surface area contributed by atoms with E-state index in [0.29, 0.717) is 16.3 Å². The van der Waals surface area contributed by atoms with Crippen LogP contribution in [0, 0.1) is 10.1 Å². The van der Waals surface area contributed by atoms with Crippen LogP contribution >= 0.6 is 11.6 Å². The number of hydrogen-bond acceptors (Lipinski definition) is 3. The number of nitro groups is 1. The van der Waals surface area contributed by atoms with Gasteiger partial charge >= 0.3 is 0 Å². The molecule has 98 valence electrons. The first-order valence-corrected chi connectivity index (χ1v) is 5.95. The summed E-state index contributed by atoms with van der Waals surface area (Å²) in [5.74, 6) is -0.0818. The fraction of sp³-hybridized carbons (Fsp3) is 0.154. The monoisotopic (exact) mass is 278 g/mol. The zero-order valence-electron chi connectivity index (χ0n) is 10.2. The summed E-state index contributed by atoms with van der Waals surface area (Å²) in [6, 6.07) is 7.93. The molecular formula is C13H11ClN2O3. The molecular weight excluding hydrogens is 268 g/mol. The van der Waals surface area contributed by atoms with Crippen LogP contribution in [-0.4, -0.2) is 15.3 Å². The lowest BCUT2D eigenvalue weighted by Gasteiger charge is -2.08. The van der Waals surface area contributed by atoms with Crippen LogP contribution in [0.15, 0.2) is 36.5 Å². The van der Waals surface area contributed by atoms with Gasteiger partial charge in [0.1, 0.15) is 0 Å². The molecule has 6 heteroatoms. The molecule has 0 fully saturated rings. The van der Waals surface area contributed by atoms with Gasteiger partial charge < -0.3 is 4.57 Å². The molecule has 0 aliphatic heterocycles. The minimum absolute atomic E-state index is 0.0456. The van der Waals surface area contributed by atoms with Crippen molar-refractivity contribution in [1.29, 1.82) is 0 Å². The van der Waals surface area contributed by atoms with E-state index in [4.69, 9.17) is 11.6 Å². The third-order valence-corrected chi connectivity index (χ3v) is 3.01. The van der Waals surface area contributed by atoms with Crippen molar-refractivity contribution in [1.82, 2.24) is 4.57 Å². The third kappa shape index (κ3) is 2.82. The van der Waals surface area contributed by atoms with Gasteiger partial charge in [0.2, 0.25) is 0 Å². The molecule has 2 aromatic rings. The number of nitrogens with zero attached hydrogens (tertiary/aromatic N) is 2. The van der Waals surface area contributed by atoms with E-state index in [0.717, 1.165) is 0 Å². The number of Topliss-reactive ketones (excluding diaryl/α,β-unsaturated/α-hetero) is 1. The van der Waals surface area contributed by atoms with Crippen LogP contribution in [0.1, 0.15) is 23.0 Å². The Morgan fingerprint density at radius 1 is 1.42 bits per heavy atom. The maximum Gasteiger partial charge on any atom is 0.275 e.